The number of rotatable bonds is 6. The van der Waals surface area contributed by atoms with Gasteiger partial charge in [0, 0.05) is 5.56 Å². The fourth-order valence-corrected chi connectivity index (χ4v) is 2.26. The zero-order valence-corrected chi connectivity index (χ0v) is 10.8. The second kappa shape index (κ2) is 5.91. The molecule has 0 saturated carbocycles. The van der Waals surface area contributed by atoms with E-state index in [0.717, 1.165) is 36.3 Å². The van der Waals surface area contributed by atoms with E-state index in [-0.39, 0.29) is 5.92 Å². The van der Waals surface area contributed by atoms with Crippen molar-refractivity contribution in [3.8, 4) is 11.5 Å². The highest BCUT2D eigenvalue weighted by atomic mass is 16.6. The predicted octanol–water partition coefficient (Wildman–Crippen LogP) is 3.24. The van der Waals surface area contributed by atoms with Crippen molar-refractivity contribution >= 4 is 0 Å². The molecule has 1 aliphatic rings. The zero-order valence-electron chi connectivity index (χ0n) is 10.8. The topological polar surface area (TPSA) is 38.7 Å². The van der Waals surface area contributed by atoms with Gasteiger partial charge in [-0.15, -0.1) is 0 Å². The van der Waals surface area contributed by atoms with Crippen molar-refractivity contribution in [2.24, 2.45) is 0 Å². The van der Waals surface area contributed by atoms with Crippen LogP contribution >= 0.6 is 0 Å². The number of hydrogen-bond donors (Lipinski definition) is 1. The van der Waals surface area contributed by atoms with Crippen molar-refractivity contribution in [1.82, 2.24) is 0 Å². The molecule has 0 fully saturated rings. The van der Waals surface area contributed by atoms with Gasteiger partial charge >= 0.3 is 0 Å². The summed E-state index contributed by atoms with van der Waals surface area (Å²) in [5.41, 5.74) is 1.05. The summed E-state index contributed by atoms with van der Waals surface area (Å²) in [6.45, 7) is 6.26. The second-order valence-corrected chi connectivity index (χ2v) is 4.56. The fraction of sp³-hybridized carbons (Fsp3) is 0.467. The lowest BCUT2D eigenvalue weighted by molar-refractivity contribution is -0.0202. The first-order chi connectivity index (χ1) is 8.76. The molecule has 0 aromatic heterocycles. The van der Waals surface area contributed by atoms with Crippen molar-refractivity contribution in [3.63, 3.8) is 0 Å². The maximum Gasteiger partial charge on any atom is 0.204 e. The van der Waals surface area contributed by atoms with Crippen molar-refractivity contribution < 1.29 is 14.6 Å². The van der Waals surface area contributed by atoms with Gasteiger partial charge < -0.3 is 14.6 Å². The van der Waals surface area contributed by atoms with E-state index in [4.69, 9.17) is 9.47 Å². The van der Waals surface area contributed by atoms with Crippen LogP contribution in [0.3, 0.4) is 0 Å². The van der Waals surface area contributed by atoms with E-state index >= 15 is 0 Å². The van der Waals surface area contributed by atoms with Crippen LogP contribution in [0.4, 0.5) is 0 Å². The van der Waals surface area contributed by atoms with E-state index in [1.54, 1.807) is 6.08 Å². The molecule has 0 saturated heterocycles. The van der Waals surface area contributed by atoms with Crippen LogP contribution in [0.2, 0.25) is 0 Å². The molecule has 1 aromatic rings. The molecule has 2 atom stereocenters. The first-order valence-corrected chi connectivity index (χ1v) is 6.48. The molecule has 2 rings (SSSR count). The van der Waals surface area contributed by atoms with E-state index in [1.807, 2.05) is 18.2 Å². The van der Waals surface area contributed by atoms with Crippen LogP contribution in [0.15, 0.2) is 30.9 Å². The van der Waals surface area contributed by atoms with Crippen LogP contribution in [0.1, 0.15) is 37.7 Å². The minimum atomic E-state index is -0.721. The molecule has 1 aliphatic heterocycles. The van der Waals surface area contributed by atoms with Crippen LogP contribution in [0.25, 0.3) is 0 Å². The average Bonchev–Trinajstić information content (AvgIpc) is 2.69. The van der Waals surface area contributed by atoms with Crippen LogP contribution in [-0.4, -0.2) is 18.0 Å². The summed E-state index contributed by atoms with van der Waals surface area (Å²) in [7, 11) is 0. The van der Waals surface area contributed by atoms with Crippen LogP contribution in [0, 0.1) is 0 Å². The highest BCUT2D eigenvalue weighted by molar-refractivity contribution is 5.45. The molecule has 1 aromatic carbocycles. The molecular weight excluding hydrogens is 228 g/mol. The minimum Gasteiger partial charge on any atom is -0.490 e. The number of benzene rings is 1. The lowest BCUT2D eigenvalue weighted by atomic mass is 9.94. The summed E-state index contributed by atoms with van der Waals surface area (Å²) < 4.78 is 11.0. The molecule has 0 unspecified atom stereocenters. The van der Waals surface area contributed by atoms with Gasteiger partial charge in [0.05, 0.1) is 5.92 Å². The molecule has 1 N–H and O–H groups in total. The fourth-order valence-electron chi connectivity index (χ4n) is 2.26. The number of aliphatic hydroxyl groups is 1. The molecule has 0 amide bonds. The number of unbranched alkanes of at least 4 members (excludes halogenated alkanes) is 1. The van der Waals surface area contributed by atoms with Gasteiger partial charge in [-0.05, 0) is 24.6 Å². The Kier molecular flexibility index (Phi) is 4.26. The number of ether oxygens (including phenoxy) is 2. The van der Waals surface area contributed by atoms with Gasteiger partial charge in [-0.1, -0.05) is 32.4 Å². The smallest absolute Gasteiger partial charge is 0.204 e. The Morgan fingerprint density at radius 1 is 1.50 bits per heavy atom. The average molecular weight is 248 g/mol. The van der Waals surface area contributed by atoms with E-state index in [0.29, 0.717) is 6.61 Å². The van der Waals surface area contributed by atoms with Gasteiger partial charge in [-0.25, -0.2) is 0 Å². The lowest BCUT2D eigenvalue weighted by Crippen LogP contribution is -2.17. The number of aliphatic hydroxyl groups excluding tert-OH is 1. The van der Waals surface area contributed by atoms with E-state index in [1.165, 1.54) is 0 Å². The monoisotopic (exact) mass is 248 g/mol. The Morgan fingerprint density at radius 3 is 3.06 bits per heavy atom. The number of hydrogen-bond acceptors (Lipinski definition) is 3. The molecule has 3 nitrogen and oxygen atoms in total. The highest BCUT2D eigenvalue weighted by Gasteiger charge is 2.32. The molecule has 0 bridgehead atoms. The standard InChI is InChI=1S/C15H20O3/c1-3-5-6-12-13-10-11(17-9-4-2)7-8-14(13)18-15(12)16/h4,7-8,10,12,15-16H,2-3,5-6,9H2,1H3/t12-,15-/m0/s1. The van der Waals surface area contributed by atoms with Gasteiger partial charge in [-0.3, -0.25) is 0 Å². The van der Waals surface area contributed by atoms with Gasteiger partial charge in [0.1, 0.15) is 18.1 Å². The Morgan fingerprint density at radius 2 is 2.33 bits per heavy atom. The third-order valence-electron chi connectivity index (χ3n) is 3.21. The van der Waals surface area contributed by atoms with Crippen molar-refractivity contribution in [1.29, 1.82) is 0 Å². The largest absolute Gasteiger partial charge is 0.490 e. The minimum absolute atomic E-state index is 0.0623. The van der Waals surface area contributed by atoms with Crippen LogP contribution < -0.4 is 9.47 Å². The van der Waals surface area contributed by atoms with E-state index in [9.17, 15) is 5.11 Å². The van der Waals surface area contributed by atoms with Crippen LogP contribution in [0.5, 0.6) is 11.5 Å². The molecule has 3 heteroatoms. The molecule has 98 valence electrons. The Bertz CT molecular complexity index is 414. The summed E-state index contributed by atoms with van der Waals surface area (Å²) >= 11 is 0. The van der Waals surface area contributed by atoms with Gasteiger partial charge in [0.15, 0.2) is 0 Å². The van der Waals surface area contributed by atoms with Crippen molar-refractivity contribution in [3.05, 3.63) is 36.4 Å². The first kappa shape index (κ1) is 13.0. The molecule has 1 heterocycles. The first-order valence-electron chi connectivity index (χ1n) is 6.48. The summed E-state index contributed by atoms with van der Waals surface area (Å²) in [6.07, 6.45) is 4.14. The Labute approximate surface area is 108 Å². The molecule has 0 aliphatic carbocycles. The third-order valence-corrected chi connectivity index (χ3v) is 3.21. The second-order valence-electron chi connectivity index (χ2n) is 4.56. The van der Waals surface area contributed by atoms with Crippen LogP contribution in [-0.2, 0) is 0 Å². The maximum atomic E-state index is 9.92. The predicted molar refractivity (Wildman–Crippen MR) is 71.0 cm³/mol. The van der Waals surface area contributed by atoms with E-state index < -0.39 is 6.29 Å². The Hall–Kier alpha value is -1.48. The lowest BCUT2D eigenvalue weighted by Gasteiger charge is -2.13. The molecule has 18 heavy (non-hydrogen) atoms. The quantitative estimate of drug-likeness (QED) is 0.785. The van der Waals surface area contributed by atoms with E-state index in [2.05, 4.69) is 13.5 Å². The van der Waals surface area contributed by atoms with Gasteiger partial charge in [0.2, 0.25) is 6.29 Å². The summed E-state index contributed by atoms with van der Waals surface area (Å²) in [6, 6.07) is 5.69. The summed E-state index contributed by atoms with van der Waals surface area (Å²) in [5, 5.41) is 9.92. The molecule has 0 radical (unpaired) electrons. The molecule has 0 spiro atoms. The van der Waals surface area contributed by atoms with Gasteiger partial charge in [0.25, 0.3) is 0 Å². The normalized spacial score (nSPS) is 21.2. The van der Waals surface area contributed by atoms with Crippen molar-refractivity contribution in [2.75, 3.05) is 6.61 Å². The highest BCUT2D eigenvalue weighted by Crippen LogP contribution is 2.41. The summed E-state index contributed by atoms with van der Waals surface area (Å²) in [4.78, 5) is 0. The molecular formula is C15H20O3. The SMILES string of the molecule is C=CCOc1ccc2c(c1)[C@H](CCCC)[C@@H](O)O2. The number of fused-ring (bicyclic) bond motifs is 1. The van der Waals surface area contributed by atoms with Crippen molar-refractivity contribution in [2.45, 2.75) is 38.4 Å². The zero-order chi connectivity index (χ0) is 13.0. The third kappa shape index (κ3) is 2.67. The van der Waals surface area contributed by atoms with Gasteiger partial charge in [-0.2, -0.15) is 0 Å². The summed E-state index contributed by atoms with van der Waals surface area (Å²) in [5.74, 6) is 1.63. The maximum absolute atomic E-state index is 9.92. The Balaban J connectivity index is 2.16.